The zero-order chi connectivity index (χ0) is 16.3. The van der Waals surface area contributed by atoms with Crippen LogP contribution in [0.1, 0.15) is 32.0 Å². The highest BCUT2D eigenvalue weighted by Gasteiger charge is 2.40. The summed E-state index contributed by atoms with van der Waals surface area (Å²) in [5.74, 6) is 5.96. The number of unbranched alkanes of at least 4 members (excludes halogenated alkanes) is 1. The Bertz CT molecular complexity index is 533. The molecule has 10 heteroatoms. The molecular formula is C12H18F3N5OS. The number of hydrogen-bond donors (Lipinski definition) is 1. The van der Waals surface area contributed by atoms with Crippen LogP contribution in [0.25, 0.3) is 0 Å². The number of nitrogens with two attached hydrogens (primary N) is 1. The van der Waals surface area contributed by atoms with Gasteiger partial charge in [-0.05, 0) is 12.8 Å². The number of carbonyl (C=O) groups is 1. The van der Waals surface area contributed by atoms with E-state index in [0.29, 0.717) is 23.8 Å². The fourth-order valence-corrected chi connectivity index (χ4v) is 3.25. The van der Waals surface area contributed by atoms with Crippen molar-refractivity contribution >= 4 is 17.7 Å². The summed E-state index contributed by atoms with van der Waals surface area (Å²) >= 11 is 1.08. The van der Waals surface area contributed by atoms with E-state index in [4.69, 9.17) is 5.84 Å². The quantitative estimate of drug-likeness (QED) is 0.798. The van der Waals surface area contributed by atoms with Crippen molar-refractivity contribution in [2.75, 3.05) is 18.9 Å². The number of halogens is 3. The third kappa shape index (κ3) is 4.05. The number of amides is 1. The molecule has 1 atom stereocenters. The van der Waals surface area contributed by atoms with Gasteiger partial charge in [-0.3, -0.25) is 4.79 Å². The van der Waals surface area contributed by atoms with Crippen LogP contribution in [0, 0.1) is 0 Å². The van der Waals surface area contributed by atoms with Gasteiger partial charge in [0.05, 0.1) is 5.25 Å². The molecule has 1 aliphatic rings. The van der Waals surface area contributed by atoms with E-state index < -0.39 is 23.9 Å². The third-order valence-electron chi connectivity index (χ3n) is 3.36. The minimum Gasteiger partial charge on any atom is -0.336 e. The van der Waals surface area contributed by atoms with Gasteiger partial charge in [-0.1, -0.05) is 25.1 Å². The molecule has 0 bridgehead atoms. The first kappa shape index (κ1) is 16.9. The average Bonchev–Trinajstić information content (AvgIpc) is 2.94. The normalized spacial score (nSPS) is 19.2. The van der Waals surface area contributed by atoms with Gasteiger partial charge in [-0.15, -0.1) is 10.2 Å². The molecule has 1 saturated heterocycles. The maximum atomic E-state index is 12.4. The Balaban J connectivity index is 1.97. The maximum absolute atomic E-state index is 12.4. The molecule has 0 aromatic carbocycles. The van der Waals surface area contributed by atoms with Gasteiger partial charge in [0.25, 0.3) is 0 Å². The van der Waals surface area contributed by atoms with Gasteiger partial charge in [-0.25, -0.2) is 4.68 Å². The van der Waals surface area contributed by atoms with Crippen LogP contribution >= 0.6 is 11.8 Å². The molecule has 0 saturated carbocycles. The summed E-state index contributed by atoms with van der Waals surface area (Å²) in [6.07, 6.45) is -1.45. The van der Waals surface area contributed by atoms with E-state index in [0.717, 1.165) is 29.5 Å². The Morgan fingerprint density at radius 2 is 2.14 bits per heavy atom. The lowest BCUT2D eigenvalue weighted by atomic mass is 10.2. The number of alkyl halides is 3. The topological polar surface area (TPSA) is 77.0 Å². The largest absolute Gasteiger partial charge is 0.406 e. The number of aromatic nitrogens is 3. The number of nitrogen functional groups attached to an aromatic ring is 1. The summed E-state index contributed by atoms with van der Waals surface area (Å²) in [7, 11) is 0. The summed E-state index contributed by atoms with van der Waals surface area (Å²) in [5.41, 5.74) is 0. The van der Waals surface area contributed by atoms with Gasteiger partial charge in [0.15, 0.2) is 5.82 Å². The highest BCUT2D eigenvalue weighted by molar-refractivity contribution is 8.00. The Hall–Kier alpha value is -1.45. The Kier molecular flexibility index (Phi) is 5.20. The lowest BCUT2D eigenvalue weighted by molar-refractivity contribution is -0.157. The van der Waals surface area contributed by atoms with E-state index >= 15 is 0 Å². The van der Waals surface area contributed by atoms with Crippen molar-refractivity contribution < 1.29 is 18.0 Å². The molecule has 124 valence electrons. The highest BCUT2D eigenvalue weighted by Crippen LogP contribution is 2.31. The van der Waals surface area contributed by atoms with Crippen molar-refractivity contribution in [1.29, 1.82) is 0 Å². The van der Waals surface area contributed by atoms with E-state index in [9.17, 15) is 18.0 Å². The second-order valence-corrected chi connectivity index (χ2v) is 6.31. The van der Waals surface area contributed by atoms with Crippen LogP contribution in [0.15, 0.2) is 5.16 Å². The Morgan fingerprint density at radius 1 is 1.41 bits per heavy atom. The number of aryl methyl sites for hydroxylation is 1. The SMILES string of the molecule is CCCCc1nnc(S[C@@H]2CCN(CC(F)(F)F)C2=O)n1N. The lowest BCUT2D eigenvalue weighted by Crippen LogP contribution is -2.36. The summed E-state index contributed by atoms with van der Waals surface area (Å²) < 4.78 is 38.4. The molecule has 2 heterocycles. The predicted molar refractivity (Wildman–Crippen MR) is 75.7 cm³/mol. The molecule has 6 nitrogen and oxygen atoms in total. The highest BCUT2D eigenvalue weighted by atomic mass is 32.2. The molecule has 0 unspecified atom stereocenters. The van der Waals surface area contributed by atoms with E-state index in [-0.39, 0.29) is 6.54 Å². The zero-order valence-electron chi connectivity index (χ0n) is 12.1. The molecule has 1 aliphatic heterocycles. The Morgan fingerprint density at radius 3 is 2.77 bits per heavy atom. The molecule has 1 aromatic rings. The summed E-state index contributed by atoms with van der Waals surface area (Å²) in [6, 6.07) is 0. The van der Waals surface area contributed by atoms with Crippen LogP contribution in [0.2, 0.25) is 0 Å². The molecule has 1 fully saturated rings. The minimum absolute atomic E-state index is 0.0947. The van der Waals surface area contributed by atoms with Gasteiger partial charge in [0.2, 0.25) is 11.1 Å². The van der Waals surface area contributed by atoms with E-state index in [1.807, 2.05) is 6.92 Å². The van der Waals surface area contributed by atoms with Crippen LogP contribution in [-0.2, 0) is 11.2 Å². The van der Waals surface area contributed by atoms with Crippen molar-refractivity contribution in [3.05, 3.63) is 5.82 Å². The first-order valence-corrected chi connectivity index (χ1v) is 7.91. The molecule has 2 N–H and O–H groups in total. The first-order valence-electron chi connectivity index (χ1n) is 7.03. The van der Waals surface area contributed by atoms with Gasteiger partial charge in [0, 0.05) is 13.0 Å². The Labute approximate surface area is 130 Å². The van der Waals surface area contributed by atoms with Gasteiger partial charge < -0.3 is 10.7 Å². The number of rotatable bonds is 6. The molecule has 0 aliphatic carbocycles. The van der Waals surface area contributed by atoms with Crippen LogP contribution in [0.5, 0.6) is 0 Å². The molecule has 1 aromatic heterocycles. The van der Waals surface area contributed by atoms with Gasteiger partial charge in [0.1, 0.15) is 6.54 Å². The van der Waals surface area contributed by atoms with E-state index in [1.165, 1.54) is 4.68 Å². The molecular weight excluding hydrogens is 319 g/mol. The number of carbonyl (C=O) groups excluding carboxylic acids is 1. The monoisotopic (exact) mass is 337 g/mol. The first-order chi connectivity index (χ1) is 10.3. The average molecular weight is 337 g/mol. The van der Waals surface area contributed by atoms with E-state index in [1.54, 1.807) is 0 Å². The molecule has 0 spiro atoms. The fraction of sp³-hybridized carbons (Fsp3) is 0.750. The molecule has 0 radical (unpaired) electrons. The maximum Gasteiger partial charge on any atom is 0.406 e. The minimum atomic E-state index is -4.38. The van der Waals surface area contributed by atoms with Crippen molar-refractivity contribution in [2.24, 2.45) is 0 Å². The molecule has 1 amide bonds. The smallest absolute Gasteiger partial charge is 0.336 e. The number of likely N-dealkylation sites (tertiary alicyclic amines) is 1. The standard InChI is InChI=1S/C12H18F3N5OS/c1-2-3-4-9-17-18-11(20(9)16)22-8-5-6-19(10(8)21)7-12(13,14)15/h8H,2-7,16H2,1H3/t8-/m1/s1. The van der Waals surface area contributed by atoms with Crippen molar-refractivity contribution in [1.82, 2.24) is 19.8 Å². The second kappa shape index (κ2) is 6.76. The van der Waals surface area contributed by atoms with Gasteiger partial charge in [-0.2, -0.15) is 13.2 Å². The van der Waals surface area contributed by atoms with Crippen molar-refractivity contribution in [3.63, 3.8) is 0 Å². The molecule has 2 rings (SSSR count). The van der Waals surface area contributed by atoms with Crippen molar-refractivity contribution in [3.8, 4) is 0 Å². The van der Waals surface area contributed by atoms with Crippen LogP contribution in [0.4, 0.5) is 13.2 Å². The predicted octanol–water partition coefficient (Wildman–Crippen LogP) is 1.59. The van der Waals surface area contributed by atoms with Crippen LogP contribution < -0.4 is 5.84 Å². The third-order valence-corrected chi connectivity index (χ3v) is 4.57. The van der Waals surface area contributed by atoms with Gasteiger partial charge >= 0.3 is 6.18 Å². The lowest BCUT2D eigenvalue weighted by Gasteiger charge is -2.18. The number of thioether (sulfide) groups is 1. The van der Waals surface area contributed by atoms with E-state index in [2.05, 4.69) is 10.2 Å². The summed E-state index contributed by atoms with van der Waals surface area (Å²) in [5, 5.41) is 7.65. The van der Waals surface area contributed by atoms with Crippen LogP contribution in [-0.4, -0.2) is 50.2 Å². The zero-order valence-corrected chi connectivity index (χ0v) is 13.0. The number of nitrogens with zero attached hydrogens (tertiary/aromatic N) is 4. The molecule has 22 heavy (non-hydrogen) atoms. The fourth-order valence-electron chi connectivity index (χ4n) is 2.21. The summed E-state index contributed by atoms with van der Waals surface area (Å²) in [6.45, 7) is 0.927. The number of hydrogen-bond acceptors (Lipinski definition) is 5. The van der Waals surface area contributed by atoms with Crippen LogP contribution in [0.3, 0.4) is 0 Å². The van der Waals surface area contributed by atoms with Crippen molar-refractivity contribution in [2.45, 2.75) is 49.2 Å². The summed E-state index contributed by atoms with van der Waals surface area (Å²) in [4.78, 5) is 12.8. The second-order valence-electron chi connectivity index (χ2n) is 5.14.